The third-order valence-corrected chi connectivity index (χ3v) is 2.50. The first-order valence-corrected chi connectivity index (χ1v) is 4.60. The Morgan fingerprint density at radius 2 is 2.54 bits per heavy atom. The highest BCUT2D eigenvalue weighted by Crippen LogP contribution is 2.06. The highest BCUT2D eigenvalue weighted by atomic mass is 16.5. The van der Waals surface area contributed by atoms with Crippen molar-refractivity contribution in [2.45, 2.75) is 12.6 Å². The summed E-state index contributed by atoms with van der Waals surface area (Å²) < 4.78 is 7.52. The van der Waals surface area contributed by atoms with Crippen LogP contribution in [0.1, 0.15) is 0 Å². The van der Waals surface area contributed by atoms with Gasteiger partial charge in [0.05, 0.1) is 25.6 Å². The van der Waals surface area contributed by atoms with Gasteiger partial charge in [-0.15, -0.1) is 0 Å². The van der Waals surface area contributed by atoms with Gasteiger partial charge < -0.3 is 9.30 Å². The number of aromatic nitrogens is 2. The van der Waals surface area contributed by atoms with Crippen LogP contribution in [0.25, 0.3) is 0 Å². The van der Waals surface area contributed by atoms with Gasteiger partial charge in [0.1, 0.15) is 0 Å². The molecule has 1 aliphatic rings. The first-order valence-electron chi connectivity index (χ1n) is 4.60. The molecule has 0 spiro atoms. The number of hydrogen-bond acceptors (Lipinski definition) is 3. The van der Waals surface area contributed by atoms with E-state index in [1.165, 1.54) is 0 Å². The molecule has 0 N–H and O–H groups in total. The number of morpholine rings is 1. The van der Waals surface area contributed by atoms with Crippen LogP contribution in [0.15, 0.2) is 18.7 Å². The van der Waals surface area contributed by atoms with Crippen molar-refractivity contribution in [2.75, 3.05) is 26.8 Å². The fourth-order valence-electron chi connectivity index (χ4n) is 1.57. The molecule has 72 valence electrons. The van der Waals surface area contributed by atoms with E-state index in [1.54, 1.807) is 0 Å². The standard InChI is InChI=1S/C9H15N3O/c1-11-4-5-13-7-9(11)6-12-3-2-10-8-12/h2-3,8-9H,4-7H2,1H3. The SMILES string of the molecule is CN1CCOCC1Cn1ccnc1. The maximum atomic E-state index is 5.43. The lowest BCUT2D eigenvalue weighted by molar-refractivity contribution is -0.000202. The molecule has 1 atom stereocenters. The van der Waals surface area contributed by atoms with Gasteiger partial charge in [-0.25, -0.2) is 4.98 Å². The molecule has 0 radical (unpaired) electrons. The molecule has 0 bridgehead atoms. The Labute approximate surface area is 78.1 Å². The topological polar surface area (TPSA) is 30.3 Å². The molecule has 2 heterocycles. The van der Waals surface area contributed by atoms with Crippen LogP contribution in [0.3, 0.4) is 0 Å². The summed E-state index contributed by atoms with van der Waals surface area (Å²) in [4.78, 5) is 6.35. The molecule has 1 aromatic heterocycles. The van der Waals surface area contributed by atoms with Gasteiger partial charge in [-0.1, -0.05) is 0 Å². The van der Waals surface area contributed by atoms with Crippen molar-refractivity contribution in [2.24, 2.45) is 0 Å². The van der Waals surface area contributed by atoms with Gasteiger partial charge in [0, 0.05) is 25.5 Å². The molecule has 0 aliphatic carbocycles. The minimum absolute atomic E-state index is 0.489. The van der Waals surface area contributed by atoms with Crippen molar-refractivity contribution in [3.05, 3.63) is 18.7 Å². The van der Waals surface area contributed by atoms with E-state index in [-0.39, 0.29) is 0 Å². The van der Waals surface area contributed by atoms with Crippen molar-refractivity contribution in [1.82, 2.24) is 14.5 Å². The maximum absolute atomic E-state index is 5.43. The second-order valence-corrected chi connectivity index (χ2v) is 3.47. The highest BCUT2D eigenvalue weighted by molar-refractivity contribution is 4.79. The van der Waals surface area contributed by atoms with E-state index in [0.717, 1.165) is 26.3 Å². The Bertz CT molecular complexity index is 247. The largest absolute Gasteiger partial charge is 0.378 e. The number of rotatable bonds is 2. The van der Waals surface area contributed by atoms with Crippen LogP contribution in [-0.2, 0) is 11.3 Å². The third kappa shape index (κ3) is 2.08. The van der Waals surface area contributed by atoms with Gasteiger partial charge >= 0.3 is 0 Å². The molecule has 2 rings (SSSR count). The lowest BCUT2D eigenvalue weighted by Gasteiger charge is -2.32. The molecule has 4 nitrogen and oxygen atoms in total. The van der Waals surface area contributed by atoms with Crippen molar-refractivity contribution >= 4 is 0 Å². The van der Waals surface area contributed by atoms with Gasteiger partial charge in [0.2, 0.25) is 0 Å². The minimum atomic E-state index is 0.489. The van der Waals surface area contributed by atoms with Crippen LogP contribution in [0.4, 0.5) is 0 Å². The number of imidazole rings is 1. The van der Waals surface area contributed by atoms with E-state index in [1.807, 2.05) is 18.7 Å². The number of nitrogens with zero attached hydrogens (tertiary/aromatic N) is 3. The Hall–Kier alpha value is -0.870. The first-order chi connectivity index (χ1) is 6.36. The zero-order chi connectivity index (χ0) is 9.10. The zero-order valence-electron chi connectivity index (χ0n) is 7.89. The number of likely N-dealkylation sites (N-methyl/N-ethyl adjacent to an activating group) is 1. The summed E-state index contributed by atoms with van der Waals surface area (Å²) in [6, 6.07) is 0.489. The predicted molar refractivity (Wildman–Crippen MR) is 49.5 cm³/mol. The Morgan fingerprint density at radius 1 is 1.62 bits per heavy atom. The van der Waals surface area contributed by atoms with Crippen molar-refractivity contribution in [1.29, 1.82) is 0 Å². The fraction of sp³-hybridized carbons (Fsp3) is 0.667. The normalized spacial score (nSPS) is 24.8. The number of hydrogen-bond donors (Lipinski definition) is 0. The van der Waals surface area contributed by atoms with E-state index in [0.29, 0.717) is 6.04 Å². The summed E-state index contributed by atoms with van der Waals surface area (Å²) in [6.07, 6.45) is 5.65. The lowest BCUT2D eigenvalue weighted by atomic mass is 10.2. The van der Waals surface area contributed by atoms with E-state index < -0.39 is 0 Å². The minimum Gasteiger partial charge on any atom is -0.378 e. The average Bonchev–Trinajstić information content (AvgIpc) is 2.61. The van der Waals surface area contributed by atoms with Crippen LogP contribution >= 0.6 is 0 Å². The third-order valence-electron chi connectivity index (χ3n) is 2.50. The van der Waals surface area contributed by atoms with E-state index in [9.17, 15) is 0 Å². The van der Waals surface area contributed by atoms with Crippen molar-refractivity contribution in [3.8, 4) is 0 Å². The highest BCUT2D eigenvalue weighted by Gasteiger charge is 2.19. The van der Waals surface area contributed by atoms with Gasteiger partial charge in [0.25, 0.3) is 0 Å². The monoisotopic (exact) mass is 181 g/mol. The summed E-state index contributed by atoms with van der Waals surface area (Å²) in [6.45, 7) is 3.68. The Kier molecular flexibility index (Phi) is 2.61. The molecule has 1 aromatic rings. The summed E-state index contributed by atoms with van der Waals surface area (Å²) in [7, 11) is 2.14. The maximum Gasteiger partial charge on any atom is 0.0946 e. The molecular weight excluding hydrogens is 166 g/mol. The summed E-state index contributed by atoms with van der Waals surface area (Å²) >= 11 is 0. The van der Waals surface area contributed by atoms with Crippen LogP contribution in [0.2, 0.25) is 0 Å². The van der Waals surface area contributed by atoms with Crippen molar-refractivity contribution < 1.29 is 4.74 Å². The molecule has 1 saturated heterocycles. The van der Waals surface area contributed by atoms with Gasteiger partial charge in [0.15, 0.2) is 0 Å². The van der Waals surface area contributed by atoms with E-state index >= 15 is 0 Å². The van der Waals surface area contributed by atoms with Crippen LogP contribution in [0.5, 0.6) is 0 Å². The summed E-state index contributed by atoms with van der Waals surface area (Å²) in [5.74, 6) is 0. The van der Waals surface area contributed by atoms with Gasteiger partial charge in [-0.05, 0) is 7.05 Å². The molecular formula is C9H15N3O. The van der Waals surface area contributed by atoms with E-state index in [4.69, 9.17) is 4.74 Å². The quantitative estimate of drug-likeness (QED) is 0.653. The Balaban J connectivity index is 1.93. The fourth-order valence-corrected chi connectivity index (χ4v) is 1.57. The average molecular weight is 181 g/mol. The molecule has 1 aliphatic heterocycles. The molecule has 1 fully saturated rings. The van der Waals surface area contributed by atoms with E-state index in [2.05, 4.69) is 21.5 Å². The van der Waals surface area contributed by atoms with Crippen molar-refractivity contribution in [3.63, 3.8) is 0 Å². The molecule has 0 saturated carbocycles. The van der Waals surface area contributed by atoms with Gasteiger partial charge in [-0.2, -0.15) is 0 Å². The predicted octanol–water partition coefficient (Wildman–Crippen LogP) is 0.214. The summed E-state index contributed by atoms with van der Waals surface area (Å²) in [5.41, 5.74) is 0. The smallest absolute Gasteiger partial charge is 0.0946 e. The van der Waals surface area contributed by atoms with Crippen LogP contribution in [-0.4, -0.2) is 47.3 Å². The molecule has 1 unspecified atom stereocenters. The van der Waals surface area contributed by atoms with Gasteiger partial charge in [-0.3, -0.25) is 4.90 Å². The number of ether oxygens (including phenoxy) is 1. The Morgan fingerprint density at radius 3 is 3.23 bits per heavy atom. The molecule has 4 heteroatoms. The lowest BCUT2D eigenvalue weighted by Crippen LogP contribution is -2.44. The molecule has 0 aromatic carbocycles. The second-order valence-electron chi connectivity index (χ2n) is 3.47. The zero-order valence-corrected chi connectivity index (χ0v) is 7.89. The molecule has 0 amide bonds. The van der Waals surface area contributed by atoms with Crippen LogP contribution < -0.4 is 0 Å². The first kappa shape index (κ1) is 8.72. The van der Waals surface area contributed by atoms with Crippen LogP contribution in [0, 0.1) is 0 Å². The molecule has 13 heavy (non-hydrogen) atoms. The second kappa shape index (κ2) is 3.89. The summed E-state index contributed by atoms with van der Waals surface area (Å²) in [5, 5.41) is 0.